The van der Waals surface area contributed by atoms with Crippen molar-refractivity contribution in [2.24, 2.45) is 0 Å². The lowest BCUT2D eigenvalue weighted by atomic mass is 10.1. The second-order valence-corrected chi connectivity index (χ2v) is 3.98. The first-order chi connectivity index (χ1) is 7.40. The van der Waals surface area contributed by atoms with Crippen molar-refractivity contribution in [1.29, 1.82) is 0 Å². The number of hydrogen-bond acceptors (Lipinski definition) is 2. The minimum atomic E-state index is 0.124. The molecule has 0 saturated carbocycles. The summed E-state index contributed by atoms with van der Waals surface area (Å²) >= 11 is 0. The van der Waals surface area contributed by atoms with E-state index in [4.69, 9.17) is 9.47 Å². The minimum absolute atomic E-state index is 0.124. The summed E-state index contributed by atoms with van der Waals surface area (Å²) in [6.45, 7) is 3.59. The van der Waals surface area contributed by atoms with Crippen molar-refractivity contribution in [2.75, 3.05) is 13.2 Å². The maximum atomic E-state index is 5.80. The molecule has 15 heavy (non-hydrogen) atoms. The van der Waals surface area contributed by atoms with Crippen LogP contribution in [0.3, 0.4) is 0 Å². The van der Waals surface area contributed by atoms with Crippen LogP contribution in [0.4, 0.5) is 0 Å². The minimum Gasteiger partial charge on any atom is -0.373 e. The fourth-order valence-corrected chi connectivity index (χ4v) is 1.89. The van der Waals surface area contributed by atoms with Gasteiger partial charge in [-0.25, -0.2) is 0 Å². The summed E-state index contributed by atoms with van der Waals surface area (Å²) in [4.78, 5) is 0. The van der Waals surface area contributed by atoms with E-state index < -0.39 is 0 Å². The summed E-state index contributed by atoms with van der Waals surface area (Å²) < 4.78 is 11.6. The van der Waals surface area contributed by atoms with Gasteiger partial charge in [-0.3, -0.25) is 0 Å². The van der Waals surface area contributed by atoms with E-state index >= 15 is 0 Å². The molecule has 0 bridgehead atoms. The quantitative estimate of drug-likeness (QED) is 0.757. The lowest BCUT2D eigenvalue weighted by molar-refractivity contribution is -0.137. The van der Waals surface area contributed by atoms with Crippen LogP contribution in [-0.2, 0) is 9.47 Å². The van der Waals surface area contributed by atoms with Crippen LogP contribution in [0.15, 0.2) is 30.3 Å². The predicted molar refractivity (Wildman–Crippen MR) is 59.8 cm³/mol. The van der Waals surface area contributed by atoms with Gasteiger partial charge in [-0.1, -0.05) is 43.7 Å². The third-order valence-electron chi connectivity index (χ3n) is 2.75. The highest BCUT2D eigenvalue weighted by Gasteiger charge is 2.22. The number of ether oxygens (including phenoxy) is 2. The Balaban J connectivity index is 1.88. The summed E-state index contributed by atoms with van der Waals surface area (Å²) in [5.41, 5.74) is 1.22. The van der Waals surface area contributed by atoms with E-state index in [1.165, 1.54) is 5.56 Å². The zero-order valence-electron chi connectivity index (χ0n) is 9.19. The van der Waals surface area contributed by atoms with Gasteiger partial charge in [-0.05, 0) is 12.0 Å². The lowest BCUT2D eigenvalue weighted by Crippen LogP contribution is -2.30. The molecule has 1 aliphatic heterocycles. The second kappa shape index (κ2) is 5.29. The van der Waals surface area contributed by atoms with Crippen LogP contribution in [0.5, 0.6) is 0 Å². The Bertz CT molecular complexity index is 276. The van der Waals surface area contributed by atoms with Gasteiger partial charge in [0.15, 0.2) is 0 Å². The molecular formula is C13H18O2. The van der Waals surface area contributed by atoms with Crippen LogP contribution >= 0.6 is 0 Å². The predicted octanol–water partition coefficient (Wildman–Crippen LogP) is 2.94. The zero-order valence-corrected chi connectivity index (χ0v) is 9.19. The van der Waals surface area contributed by atoms with Gasteiger partial charge in [0.2, 0.25) is 0 Å². The fraction of sp³-hybridized carbons (Fsp3) is 0.538. The van der Waals surface area contributed by atoms with Gasteiger partial charge in [0, 0.05) is 0 Å². The Hall–Kier alpha value is -0.860. The molecule has 0 amide bonds. The highest BCUT2D eigenvalue weighted by atomic mass is 16.6. The summed E-state index contributed by atoms with van der Waals surface area (Å²) in [7, 11) is 0. The van der Waals surface area contributed by atoms with Crippen LogP contribution in [0, 0.1) is 0 Å². The monoisotopic (exact) mass is 206 g/mol. The van der Waals surface area contributed by atoms with Crippen molar-refractivity contribution in [1.82, 2.24) is 0 Å². The molecule has 0 aromatic heterocycles. The van der Waals surface area contributed by atoms with E-state index in [1.54, 1.807) is 0 Å². The van der Waals surface area contributed by atoms with Crippen molar-refractivity contribution in [3.05, 3.63) is 35.9 Å². The molecule has 0 radical (unpaired) electrons. The molecular weight excluding hydrogens is 188 g/mol. The maximum Gasteiger partial charge on any atom is 0.106 e. The molecule has 2 unspecified atom stereocenters. The van der Waals surface area contributed by atoms with E-state index in [0.717, 1.165) is 19.4 Å². The van der Waals surface area contributed by atoms with Crippen molar-refractivity contribution in [3.63, 3.8) is 0 Å². The average molecular weight is 206 g/mol. The van der Waals surface area contributed by atoms with Gasteiger partial charge in [-0.15, -0.1) is 0 Å². The van der Waals surface area contributed by atoms with Gasteiger partial charge >= 0.3 is 0 Å². The van der Waals surface area contributed by atoms with Crippen molar-refractivity contribution in [3.8, 4) is 0 Å². The molecule has 0 N–H and O–H groups in total. The Labute approximate surface area is 91.2 Å². The first-order valence-electron chi connectivity index (χ1n) is 5.68. The Morgan fingerprint density at radius 3 is 2.53 bits per heavy atom. The SMILES string of the molecule is CCCC1COC(c2ccccc2)CO1. The van der Waals surface area contributed by atoms with Crippen LogP contribution in [0.2, 0.25) is 0 Å². The number of hydrogen-bond donors (Lipinski definition) is 0. The molecule has 2 heteroatoms. The second-order valence-electron chi connectivity index (χ2n) is 3.98. The first kappa shape index (κ1) is 10.7. The molecule has 1 fully saturated rings. The molecule has 1 saturated heterocycles. The van der Waals surface area contributed by atoms with Crippen molar-refractivity contribution in [2.45, 2.75) is 32.0 Å². The van der Waals surface area contributed by atoms with E-state index in [-0.39, 0.29) is 6.10 Å². The first-order valence-corrected chi connectivity index (χ1v) is 5.68. The lowest BCUT2D eigenvalue weighted by Gasteiger charge is -2.29. The van der Waals surface area contributed by atoms with E-state index in [1.807, 2.05) is 18.2 Å². The smallest absolute Gasteiger partial charge is 0.106 e. The molecule has 1 heterocycles. The van der Waals surface area contributed by atoms with E-state index in [2.05, 4.69) is 19.1 Å². The van der Waals surface area contributed by atoms with E-state index in [9.17, 15) is 0 Å². The number of rotatable bonds is 3. The molecule has 82 valence electrons. The van der Waals surface area contributed by atoms with Crippen LogP contribution in [0.25, 0.3) is 0 Å². The highest BCUT2D eigenvalue weighted by Crippen LogP contribution is 2.23. The summed E-state index contributed by atoms with van der Waals surface area (Å²) in [5, 5.41) is 0. The normalized spacial score (nSPS) is 26.5. The molecule has 0 aliphatic carbocycles. The van der Waals surface area contributed by atoms with Gasteiger partial charge in [-0.2, -0.15) is 0 Å². The average Bonchev–Trinajstić information content (AvgIpc) is 2.32. The summed E-state index contributed by atoms with van der Waals surface area (Å²) in [5.74, 6) is 0. The molecule has 2 rings (SSSR count). The molecule has 1 aromatic rings. The maximum absolute atomic E-state index is 5.80. The molecule has 2 atom stereocenters. The van der Waals surface area contributed by atoms with Gasteiger partial charge in [0.25, 0.3) is 0 Å². The van der Waals surface area contributed by atoms with E-state index in [0.29, 0.717) is 12.7 Å². The third kappa shape index (κ3) is 2.80. The summed E-state index contributed by atoms with van der Waals surface area (Å²) in [6.07, 6.45) is 2.68. The van der Waals surface area contributed by atoms with Crippen LogP contribution in [-0.4, -0.2) is 19.3 Å². The largest absolute Gasteiger partial charge is 0.373 e. The zero-order chi connectivity index (χ0) is 10.5. The third-order valence-corrected chi connectivity index (χ3v) is 2.75. The summed E-state index contributed by atoms with van der Waals surface area (Å²) in [6, 6.07) is 10.3. The standard InChI is InChI=1S/C13H18O2/c1-2-6-12-9-15-13(10-14-12)11-7-4-3-5-8-11/h3-5,7-8,12-13H,2,6,9-10H2,1H3. The molecule has 1 aromatic carbocycles. The Morgan fingerprint density at radius 2 is 1.93 bits per heavy atom. The van der Waals surface area contributed by atoms with Crippen molar-refractivity contribution < 1.29 is 9.47 Å². The van der Waals surface area contributed by atoms with Crippen LogP contribution < -0.4 is 0 Å². The Kier molecular flexibility index (Phi) is 3.75. The van der Waals surface area contributed by atoms with Crippen molar-refractivity contribution >= 4 is 0 Å². The Morgan fingerprint density at radius 1 is 1.13 bits per heavy atom. The van der Waals surface area contributed by atoms with Gasteiger partial charge in [0.05, 0.1) is 19.3 Å². The fourth-order valence-electron chi connectivity index (χ4n) is 1.89. The number of benzene rings is 1. The highest BCUT2D eigenvalue weighted by molar-refractivity contribution is 5.17. The molecule has 1 aliphatic rings. The van der Waals surface area contributed by atoms with Crippen LogP contribution in [0.1, 0.15) is 31.4 Å². The molecule has 2 nitrogen and oxygen atoms in total. The van der Waals surface area contributed by atoms with Gasteiger partial charge < -0.3 is 9.47 Å². The topological polar surface area (TPSA) is 18.5 Å². The molecule has 0 spiro atoms. The van der Waals surface area contributed by atoms with Gasteiger partial charge in [0.1, 0.15) is 6.10 Å².